The second-order valence-electron chi connectivity index (χ2n) is 5.55. The predicted molar refractivity (Wildman–Crippen MR) is 98.2 cm³/mol. The van der Waals surface area contributed by atoms with Crippen LogP contribution in [0.15, 0.2) is 59.0 Å². The number of rotatable bonds is 5. The summed E-state index contributed by atoms with van der Waals surface area (Å²) >= 11 is 0. The molecule has 0 aliphatic heterocycles. The molecule has 0 aliphatic rings. The van der Waals surface area contributed by atoms with E-state index in [4.69, 9.17) is 10.2 Å². The molecule has 3 rings (SSSR count). The normalized spacial score (nSPS) is 11.1. The average Bonchev–Trinajstić information content (AvgIpc) is 2.98. The summed E-state index contributed by atoms with van der Waals surface area (Å²) in [6.07, 6.45) is 3.97. The highest BCUT2D eigenvalue weighted by atomic mass is 16.3. The van der Waals surface area contributed by atoms with Gasteiger partial charge in [-0.1, -0.05) is 25.1 Å². The molecule has 0 radical (unpaired) electrons. The molecule has 3 aromatic rings. The van der Waals surface area contributed by atoms with Crippen molar-refractivity contribution in [2.45, 2.75) is 13.3 Å². The van der Waals surface area contributed by atoms with Crippen LogP contribution in [0.3, 0.4) is 0 Å². The van der Waals surface area contributed by atoms with E-state index in [9.17, 15) is 9.59 Å². The van der Waals surface area contributed by atoms with Crippen molar-refractivity contribution in [3.8, 4) is 0 Å². The number of benzene rings is 2. The molecule has 5 heteroatoms. The second kappa shape index (κ2) is 7.05. The molecule has 0 spiro atoms. The van der Waals surface area contributed by atoms with Crippen molar-refractivity contribution < 1.29 is 14.0 Å². The maximum absolute atomic E-state index is 12.1. The summed E-state index contributed by atoms with van der Waals surface area (Å²) in [6, 6.07) is 14.1. The first kappa shape index (κ1) is 16.5. The summed E-state index contributed by atoms with van der Waals surface area (Å²) in [5.74, 6) is 0.0759. The minimum atomic E-state index is -0.503. The monoisotopic (exact) mass is 334 g/mol. The van der Waals surface area contributed by atoms with Crippen molar-refractivity contribution in [3.63, 3.8) is 0 Å². The van der Waals surface area contributed by atoms with Crippen molar-refractivity contribution >= 4 is 34.5 Å². The number of hydrogen-bond donors (Lipinski definition) is 2. The Kier molecular flexibility index (Phi) is 4.66. The fraction of sp³-hybridized carbons (Fsp3) is 0.100. The number of aryl methyl sites for hydroxylation is 1. The van der Waals surface area contributed by atoms with Gasteiger partial charge in [0, 0.05) is 34.7 Å². The van der Waals surface area contributed by atoms with Gasteiger partial charge in [0.25, 0.3) is 0 Å². The van der Waals surface area contributed by atoms with Crippen LogP contribution in [0.1, 0.15) is 28.6 Å². The average molecular weight is 334 g/mol. The molecule has 126 valence electrons. The number of primary amides is 1. The van der Waals surface area contributed by atoms with Crippen molar-refractivity contribution in [2.75, 3.05) is 5.32 Å². The van der Waals surface area contributed by atoms with Gasteiger partial charge in [-0.3, -0.25) is 9.59 Å². The van der Waals surface area contributed by atoms with Crippen LogP contribution in [0.25, 0.3) is 17.0 Å². The summed E-state index contributed by atoms with van der Waals surface area (Å²) in [7, 11) is 0. The molecule has 25 heavy (non-hydrogen) atoms. The lowest BCUT2D eigenvalue weighted by Crippen LogP contribution is -2.11. The van der Waals surface area contributed by atoms with Gasteiger partial charge in [-0.25, -0.2) is 0 Å². The van der Waals surface area contributed by atoms with Crippen LogP contribution in [0.4, 0.5) is 5.69 Å². The Balaban J connectivity index is 1.77. The third-order valence-corrected chi connectivity index (χ3v) is 3.87. The van der Waals surface area contributed by atoms with E-state index in [0.29, 0.717) is 11.3 Å². The SMILES string of the molecule is CCc1oc2ccccc2c1C=CC(=O)Nc1ccc(C(N)=O)cc1. The molecule has 5 nitrogen and oxygen atoms in total. The van der Waals surface area contributed by atoms with Crippen LogP contribution in [0.5, 0.6) is 0 Å². The zero-order valence-electron chi connectivity index (χ0n) is 13.8. The highest BCUT2D eigenvalue weighted by molar-refractivity contribution is 6.03. The van der Waals surface area contributed by atoms with Crippen LogP contribution in [0.2, 0.25) is 0 Å². The lowest BCUT2D eigenvalue weighted by atomic mass is 10.1. The number of fused-ring (bicyclic) bond motifs is 1. The number of nitrogens with two attached hydrogens (primary N) is 1. The van der Waals surface area contributed by atoms with Crippen LogP contribution >= 0.6 is 0 Å². The van der Waals surface area contributed by atoms with Gasteiger partial charge in [0.15, 0.2) is 0 Å². The van der Waals surface area contributed by atoms with Crippen LogP contribution in [-0.4, -0.2) is 11.8 Å². The van der Waals surface area contributed by atoms with E-state index in [1.54, 1.807) is 30.3 Å². The molecule has 1 heterocycles. The molecular formula is C20H18N2O3. The number of carbonyl (C=O) groups is 2. The summed E-state index contributed by atoms with van der Waals surface area (Å²) in [6.45, 7) is 2.01. The molecule has 0 aliphatic carbocycles. The smallest absolute Gasteiger partial charge is 0.248 e. The summed E-state index contributed by atoms with van der Waals surface area (Å²) in [5.41, 5.74) is 7.90. The fourth-order valence-electron chi connectivity index (χ4n) is 2.62. The fourth-order valence-corrected chi connectivity index (χ4v) is 2.62. The predicted octanol–water partition coefficient (Wildman–Crippen LogP) is 3.75. The van der Waals surface area contributed by atoms with Gasteiger partial charge < -0.3 is 15.5 Å². The first-order chi connectivity index (χ1) is 12.1. The Labute approximate surface area is 145 Å². The highest BCUT2D eigenvalue weighted by Crippen LogP contribution is 2.27. The van der Waals surface area contributed by atoms with Crippen LogP contribution in [0, 0.1) is 0 Å². The Morgan fingerprint density at radius 1 is 1.12 bits per heavy atom. The molecule has 0 fully saturated rings. The molecule has 3 N–H and O–H groups in total. The van der Waals surface area contributed by atoms with E-state index in [1.807, 2.05) is 31.2 Å². The molecule has 2 aromatic carbocycles. The molecule has 0 unspecified atom stereocenters. The van der Waals surface area contributed by atoms with Crippen molar-refractivity contribution in [2.24, 2.45) is 5.73 Å². The number of para-hydroxylation sites is 1. The number of anilines is 1. The van der Waals surface area contributed by atoms with Gasteiger partial charge in [0.05, 0.1) is 0 Å². The van der Waals surface area contributed by atoms with Gasteiger partial charge in [-0.15, -0.1) is 0 Å². The zero-order valence-corrected chi connectivity index (χ0v) is 13.8. The lowest BCUT2D eigenvalue weighted by molar-refractivity contribution is -0.111. The Hall–Kier alpha value is -3.34. The topological polar surface area (TPSA) is 85.3 Å². The van der Waals surface area contributed by atoms with Crippen LogP contribution in [-0.2, 0) is 11.2 Å². The second-order valence-corrected chi connectivity index (χ2v) is 5.55. The van der Waals surface area contributed by atoms with Gasteiger partial charge in [0.1, 0.15) is 11.3 Å². The largest absolute Gasteiger partial charge is 0.460 e. The van der Waals surface area contributed by atoms with Gasteiger partial charge in [-0.2, -0.15) is 0 Å². The molecular weight excluding hydrogens is 316 g/mol. The quantitative estimate of drug-likeness (QED) is 0.697. The zero-order chi connectivity index (χ0) is 17.8. The first-order valence-electron chi connectivity index (χ1n) is 7.98. The van der Waals surface area contributed by atoms with Gasteiger partial charge >= 0.3 is 0 Å². The molecule has 2 amide bonds. The highest BCUT2D eigenvalue weighted by Gasteiger charge is 2.10. The summed E-state index contributed by atoms with van der Waals surface area (Å²) < 4.78 is 5.81. The number of hydrogen-bond acceptors (Lipinski definition) is 3. The van der Waals surface area contributed by atoms with E-state index in [1.165, 1.54) is 6.08 Å². The molecule has 0 saturated carbocycles. The third kappa shape index (κ3) is 3.61. The van der Waals surface area contributed by atoms with Gasteiger partial charge in [-0.05, 0) is 36.4 Å². The van der Waals surface area contributed by atoms with Crippen molar-refractivity contribution in [3.05, 3.63) is 71.5 Å². The molecule has 0 atom stereocenters. The summed E-state index contributed by atoms with van der Waals surface area (Å²) in [4.78, 5) is 23.2. The number of furan rings is 1. The minimum absolute atomic E-state index is 0.265. The standard InChI is InChI=1S/C20H18N2O3/c1-2-17-16(15-5-3-4-6-18(15)25-17)11-12-19(23)22-14-9-7-13(8-10-14)20(21)24/h3-12H,2H2,1H3,(H2,21,24)(H,22,23). The van der Waals surface area contributed by atoms with E-state index in [-0.39, 0.29) is 5.91 Å². The number of amides is 2. The molecule has 1 aromatic heterocycles. The lowest BCUT2D eigenvalue weighted by Gasteiger charge is -2.02. The number of nitrogens with one attached hydrogen (secondary N) is 1. The van der Waals surface area contributed by atoms with Crippen molar-refractivity contribution in [1.29, 1.82) is 0 Å². The Morgan fingerprint density at radius 3 is 2.52 bits per heavy atom. The van der Waals surface area contributed by atoms with Crippen LogP contribution < -0.4 is 11.1 Å². The van der Waals surface area contributed by atoms with Crippen molar-refractivity contribution in [1.82, 2.24) is 0 Å². The molecule has 0 bridgehead atoms. The maximum Gasteiger partial charge on any atom is 0.248 e. The van der Waals surface area contributed by atoms with E-state index >= 15 is 0 Å². The maximum atomic E-state index is 12.1. The number of carbonyl (C=O) groups excluding carboxylic acids is 2. The van der Waals surface area contributed by atoms with E-state index in [2.05, 4.69) is 5.32 Å². The first-order valence-corrected chi connectivity index (χ1v) is 7.98. The third-order valence-electron chi connectivity index (χ3n) is 3.87. The van der Waals surface area contributed by atoms with E-state index in [0.717, 1.165) is 28.7 Å². The van der Waals surface area contributed by atoms with Gasteiger partial charge in [0.2, 0.25) is 11.8 Å². The summed E-state index contributed by atoms with van der Waals surface area (Å²) in [5, 5.41) is 3.73. The van der Waals surface area contributed by atoms with E-state index < -0.39 is 5.91 Å². The minimum Gasteiger partial charge on any atom is -0.460 e. The Bertz CT molecular complexity index is 953. The Morgan fingerprint density at radius 2 is 1.84 bits per heavy atom. The molecule has 0 saturated heterocycles.